The molecule has 5 heteroatoms. The first-order chi connectivity index (χ1) is 8.17. The van der Waals surface area contributed by atoms with E-state index in [2.05, 4.69) is 0 Å². The predicted molar refractivity (Wildman–Crippen MR) is 73.8 cm³/mol. The number of esters is 1. The fraction of sp³-hybridized carbons (Fsp3) is 0.333. The lowest BCUT2D eigenvalue weighted by Gasteiger charge is -2.06. The second-order valence-electron chi connectivity index (χ2n) is 3.22. The molecule has 0 saturated heterocycles. The zero-order valence-corrected chi connectivity index (χ0v) is 11.4. The Bertz CT molecular complexity index is 387. The average molecular weight is 270 g/mol. The minimum absolute atomic E-state index is 0.314. The number of hydrogen-bond donors (Lipinski definition) is 0. The van der Waals surface area contributed by atoms with Crippen molar-refractivity contribution in [2.45, 2.75) is 13.3 Å². The summed E-state index contributed by atoms with van der Waals surface area (Å²) in [5, 5.41) is 0. The smallest absolute Gasteiger partial charge is 0.338 e. The van der Waals surface area contributed by atoms with Gasteiger partial charge in [-0.15, -0.1) is 0 Å². The molecule has 0 aliphatic heterocycles. The topological polar surface area (TPSA) is 35.5 Å². The third-order valence-electron chi connectivity index (χ3n) is 1.90. The quantitative estimate of drug-likeness (QED) is 0.620. The van der Waals surface area contributed by atoms with Crippen LogP contribution in [0, 0.1) is 0 Å². The zero-order valence-electron chi connectivity index (χ0n) is 9.76. The van der Waals surface area contributed by atoms with E-state index in [4.69, 9.17) is 21.7 Å². The molecular weight excluding hydrogens is 256 g/mol. The van der Waals surface area contributed by atoms with Gasteiger partial charge in [-0.25, -0.2) is 4.79 Å². The fourth-order valence-electron chi connectivity index (χ4n) is 1.08. The average Bonchev–Trinajstić information content (AvgIpc) is 2.36. The molecule has 0 heterocycles. The van der Waals surface area contributed by atoms with Crippen LogP contribution in [0.15, 0.2) is 24.3 Å². The molecule has 1 aromatic carbocycles. The van der Waals surface area contributed by atoms with Crippen LogP contribution in [0.4, 0.5) is 0 Å². The van der Waals surface area contributed by atoms with Gasteiger partial charge in [-0.3, -0.25) is 0 Å². The van der Waals surface area contributed by atoms with Crippen LogP contribution in [0.5, 0.6) is 5.75 Å². The predicted octanol–water partition coefficient (Wildman–Crippen LogP) is 3.28. The Morgan fingerprint density at radius 1 is 1.35 bits per heavy atom. The Hall–Kier alpha value is -1.07. The standard InChI is InChI=1S/C12H14O3S2/c1-3-8-14-11(13)9-4-6-10(7-5-9)15-12(16)17-2/h4-7H,3,8H2,1-2H3. The van der Waals surface area contributed by atoms with Crippen molar-refractivity contribution in [2.24, 2.45) is 0 Å². The monoisotopic (exact) mass is 270 g/mol. The SMILES string of the molecule is CCCOC(=O)c1ccc(OC(=S)SC)cc1. The van der Waals surface area contributed by atoms with E-state index in [1.165, 1.54) is 11.8 Å². The molecule has 0 fully saturated rings. The lowest BCUT2D eigenvalue weighted by molar-refractivity contribution is 0.0505. The maximum Gasteiger partial charge on any atom is 0.338 e. The number of rotatable bonds is 4. The van der Waals surface area contributed by atoms with E-state index >= 15 is 0 Å². The zero-order chi connectivity index (χ0) is 12.7. The van der Waals surface area contributed by atoms with E-state index in [9.17, 15) is 4.79 Å². The molecule has 0 N–H and O–H groups in total. The highest BCUT2D eigenvalue weighted by atomic mass is 32.2. The summed E-state index contributed by atoms with van der Waals surface area (Å²) < 4.78 is 10.8. The largest absolute Gasteiger partial charge is 0.462 e. The molecule has 92 valence electrons. The molecule has 0 amide bonds. The van der Waals surface area contributed by atoms with Crippen LogP contribution in [0.25, 0.3) is 0 Å². The lowest BCUT2D eigenvalue weighted by Crippen LogP contribution is -2.06. The van der Waals surface area contributed by atoms with E-state index in [0.717, 1.165) is 6.42 Å². The fourth-order valence-corrected chi connectivity index (χ4v) is 1.35. The van der Waals surface area contributed by atoms with E-state index in [1.54, 1.807) is 24.3 Å². The molecule has 17 heavy (non-hydrogen) atoms. The first-order valence-corrected chi connectivity index (χ1v) is 6.83. The molecule has 0 atom stereocenters. The van der Waals surface area contributed by atoms with Crippen LogP contribution < -0.4 is 4.74 Å². The van der Waals surface area contributed by atoms with Gasteiger partial charge in [0.2, 0.25) is 4.38 Å². The van der Waals surface area contributed by atoms with E-state index in [0.29, 0.717) is 22.3 Å². The minimum Gasteiger partial charge on any atom is -0.462 e. The normalized spacial score (nSPS) is 9.76. The van der Waals surface area contributed by atoms with Gasteiger partial charge in [0.15, 0.2) is 0 Å². The molecule has 0 aromatic heterocycles. The van der Waals surface area contributed by atoms with Gasteiger partial charge in [-0.2, -0.15) is 0 Å². The molecule has 0 saturated carbocycles. The van der Waals surface area contributed by atoms with Crippen LogP contribution in [-0.2, 0) is 4.74 Å². The maximum atomic E-state index is 11.5. The van der Waals surface area contributed by atoms with Gasteiger partial charge >= 0.3 is 5.97 Å². The molecule has 0 bridgehead atoms. The second-order valence-corrected chi connectivity index (χ2v) is 4.62. The molecule has 0 aliphatic rings. The van der Waals surface area contributed by atoms with Crippen molar-refractivity contribution in [2.75, 3.05) is 12.9 Å². The lowest BCUT2D eigenvalue weighted by atomic mass is 10.2. The molecule has 0 spiro atoms. The Morgan fingerprint density at radius 3 is 2.53 bits per heavy atom. The van der Waals surface area contributed by atoms with Crippen LogP contribution >= 0.6 is 24.0 Å². The molecule has 0 unspecified atom stereocenters. The third-order valence-corrected chi connectivity index (χ3v) is 2.90. The van der Waals surface area contributed by atoms with Gasteiger partial charge in [0.25, 0.3) is 0 Å². The summed E-state index contributed by atoms with van der Waals surface area (Å²) in [6.07, 6.45) is 2.66. The summed E-state index contributed by atoms with van der Waals surface area (Å²) in [6, 6.07) is 6.72. The first-order valence-electron chi connectivity index (χ1n) is 5.20. The molecule has 1 rings (SSSR count). The number of carbonyl (C=O) groups excluding carboxylic acids is 1. The van der Waals surface area contributed by atoms with E-state index < -0.39 is 0 Å². The number of carbonyl (C=O) groups is 1. The highest BCUT2D eigenvalue weighted by Crippen LogP contribution is 2.15. The van der Waals surface area contributed by atoms with E-state index in [-0.39, 0.29) is 5.97 Å². The highest BCUT2D eigenvalue weighted by Gasteiger charge is 2.07. The minimum atomic E-state index is -0.314. The second kappa shape index (κ2) is 7.29. The Morgan fingerprint density at radius 2 is 2.00 bits per heavy atom. The van der Waals surface area contributed by atoms with Crippen molar-refractivity contribution < 1.29 is 14.3 Å². The van der Waals surface area contributed by atoms with Crippen LogP contribution in [0.2, 0.25) is 0 Å². The van der Waals surface area contributed by atoms with Crippen molar-refractivity contribution >= 4 is 34.3 Å². The summed E-state index contributed by atoms with van der Waals surface area (Å²) in [5.74, 6) is 0.308. The van der Waals surface area contributed by atoms with Gasteiger partial charge in [0.05, 0.1) is 12.2 Å². The highest BCUT2D eigenvalue weighted by molar-refractivity contribution is 8.22. The van der Waals surface area contributed by atoms with Crippen molar-refractivity contribution in [3.63, 3.8) is 0 Å². The Kier molecular flexibility index (Phi) is 6.00. The number of hydrogen-bond acceptors (Lipinski definition) is 5. The Balaban J connectivity index is 2.61. The number of benzene rings is 1. The summed E-state index contributed by atoms with van der Waals surface area (Å²) in [5.41, 5.74) is 0.515. The van der Waals surface area contributed by atoms with Crippen molar-refractivity contribution in [1.82, 2.24) is 0 Å². The number of thioether (sulfide) groups is 1. The maximum absolute atomic E-state index is 11.5. The van der Waals surface area contributed by atoms with Crippen LogP contribution in [-0.4, -0.2) is 23.2 Å². The van der Waals surface area contributed by atoms with E-state index in [1.807, 2.05) is 13.2 Å². The van der Waals surface area contributed by atoms with Crippen molar-refractivity contribution in [3.05, 3.63) is 29.8 Å². The van der Waals surface area contributed by atoms with Crippen molar-refractivity contribution in [3.8, 4) is 5.75 Å². The van der Waals surface area contributed by atoms with Gasteiger partial charge in [0.1, 0.15) is 5.75 Å². The summed E-state index contributed by atoms with van der Waals surface area (Å²) >= 11 is 6.29. The van der Waals surface area contributed by atoms with Gasteiger partial charge in [-0.05, 0) is 49.2 Å². The van der Waals surface area contributed by atoms with Gasteiger partial charge in [0, 0.05) is 0 Å². The summed E-state index contributed by atoms with van der Waals surface area (Å²) in [7, 11) is 0. The Labute approximate surface area is 110 Å². The molecule has 0 radical (unpaired) electrons. The van der Waals surface area contributed by atoms with Crippen LogP contribution in [0.3, 0.4) is 0 Å². The molecule has 1 aromatic rings. The first kappa shape index (κ1) is 14.0. The molecule has 3 nitrogen and oxygen atoms in total. The molecule has 0 aliphatic carbocycles. The number of ether oxygens (including phenoxy) is 2. The molecular formula is C12H14O3S2. The number of thiocarbonyl (C=S) groups is 1. The van der Waals surface area contributed by atoms with Crippen molar-refractivity contribution in [1.29, 1.82) is 0 Å². The third kappa shape index (κ3) is 4.75. The summed E-state index contributed by atoms with van der Waals surface area (Å²) in [6.45, 7) is 2.39. The van der Waals surface area contributed by atoms with Gasteiger partial charge in [-0.1, -0.05) is 18.7 Å². The van der Waals surface area contributed by atoms with Crippen LogP contribution in [0.1, 0.15) is 23.7 Å². The summed E-state index contributed by atoms with van der Waals surface area (Å²) in [4.78, 5) is 11.5. The van der Waals surface area contributed by atoms with Gasteiger partial charge < -0.3 is 9.47 Å².